The molecule has 2 aliphatic heterocycles. The fraction of sp³-hybridized carbons (Fsp3) is 0.333. The second kappa shape index (κ2) is 14.3. The van der Waals surface area contributed by atoms with Crippen LogP contribution in [0.1, 0.15) is 62.1 Å². The van der Waals surface area contributed by atoms with E-state index in [2.05, 4.69) is 76.2 Å². The molecule has 3 aromatic carbocycles. The van der Waals surface area contributed by atoms with E-state index in [9.17, 15) is 19.7 Å². The molecule has 0 saturated carbocycles. The highest BCUT2D eigenvalue weighted by Crippen LogP contribution is 2.42. The summed E-state index contributed by atoms with van der Waals surface area (Å²) in [6, 6.07) is 27.9. The molecular formula is C36H41N5O4. The molecule has 5 rings (SSSR count). The van der Waals surface area contributed by atoms with E-state index < -0.39 is 10.8 Å². The Bertz CT molecular complexity index is 1500. The minimum Gasteiger partial charge on any atom is -0.360 e. The van der Waals surface area contributed by atoms with Crippen LogP contribution in [0.4, 0.5) is 5.69 Å². The molecule has 0 radical (unpaired) electrons. The van der Waals surface area contributed by atoms with Crippen molar-refractivity contribution in [2.75, 3.05) is 26.2 Å². The zero-order valence-corrected chi connectivity index (χ0v) is 25.9. The van der Waals surface area contributed by atoms with Gasteiger partial charge in [-0.15, -0.1) is 0 Å². The molecule has 1 unspecified atom stereocenters. The second-order valence-corrected chi connectivity index (χ2v) is 11.7. The van der Waals surface area contributed by atoms with Crippen LogP contribution in [0, 0.1) is 10.1 Å². The predicted octanol–water partition coefficient (Wildman–Crippen LogP) is 5.81. The molecule has 9 nitrogen and oxygen atoms in total. The summed E-state index contributed by atoms with van der Waals surface area (Å²) >= 11 is 0. The largest absolute Gasteiger partial charge is 0.360 e. The van der Waals surface area contributed by atoms with E-state index >= 15 is 0 Å². The molecule has 1 atom stereocenters. The van der Waals surface area contributed by atoms with Crippen molar-refractivity contribution in [2.45, 2.75) is 50.9 Å². The van der Waals surface area contributed by atoms with E-state index in [1.165, 1.54) is 23.3 Å². The number of nitrogens with one attached hydrogen (secondary N) is 2. The Morgan fingerprint density at radius 1 is 0.978 bits per heavy atom. The minimum absolute atomic E-state index is 0.0168. The molecule has 1 fully saturated rings. The predicted molar refractivity (Wildman–Crippen MR) is 175 cm³/mol. The smallest absolute Gasteiger partial charge is 0.269 e. The van der Waals surface area contributed by atoms with Gasteiger partial charge in [0.2, 0.25) is 12.8 Å². The first kappa shape index (κ1) is 31.7. The van der Waals surface area contributed by atoms with Crippen molar-refractivity contribution >= 4 is 18.5 Å². The summed E-state index contributed by atoms with van der Waals surface area (Å²) in [4.78, 5) is 39.4. The number of non-ortho nitro benzene ring substituents is 1. The van der Waals surface area contributed by atoms with Crippen LogP contribution in [0.3, 0.4) is 0 Å². The zero-order chi connectivity index (χ0) is 31.8. The summed E-state index contributed by atoms with van der Waals surface area (Å²) in [7, 11) is 0. The highest BCUT2D eigenvalue weighted by molar-refractivity contribution is 5.60. The molecular weight excluding hydrogens is 566 g/mol. The maximum atomic E-state index is 12.7. The number of likely N-dealkylation sites (tertiary alicyclic amines) is 1. The fourth-order valence-corrected chi connectivity index (χ4v) is 6.97. The molecule has 1 saturated heterocycles. The number of benzene rings is 3. The molecule has 2 amide bonds. The SMILES string of the molecule is CCC1=C(N(C=O)CCCN2CCC(c3ccccc3)(c3ccccc3)CC2)C(c2ccc([N+](=O)[O-])cc2)C(NC=O)=C(C)N1. The number of rotatable bonds is 13. The van der Waals surface area contributed by atoms with Crippen LogP contribution in [0.5, 0.6) is 0 Å². The third kappa shape index (κ3) is 6.68. The molecule has 0 bridgehead atoms. The van der Waals surface area contributed by atoms with Gasteiger partial charge in [-0.05, 0) is 68.9 Å². The second-order valence-electron chi connectivity index (χ2n) is 11.7. The number of nitrogens with zero attached hydrogens (tertiary/aromatic N) is 3. The van der Waals surface area contributed by atoms with Crippen LogP contribution in [0.25, 0.3) is 0 Å². The number of nitro benzene ring substituents is 1. The molecule has 3 aromatic rings. The zero-order valence-electron chi connectivity index (χ0n) is 25.9. The molecule has 0 aromatic heterocycles. The third-order valence-corrected chi connectivity index (χ3v) is 9.29. The lowest BCUT2D eigenvalue weighted by Crippen LogP contribution is -2.44. The van der Waals surface area contributed by atoms with Crippen molar-refractivity contribution < 1.29 is 14.5 Å². The Morgan fingerprint density at radius 2 is 1.58 bits per heavy atom. The van der Waals surface area contributed by atoms with Crippen LogP contribution >= 0.6 is 0 Å². The molecule has 2 aliphatic rings. The fourth-order valence-electron chi connectivity index (χ4n) is 6.97. The Hall–Kier alpha value is -4.76. The van der Waals surface area contributed by atoms with Gasteiger partial charge in [0.25, 0.3) is 5.69 Å². The highest BCUT2D eigenvalue weighted by Gasteiger charge is 2.38. The van der Waals surface area contributed by atoms with Gasteiger partial charge in [-0.1, -0.05) is 79.7 Å². The quantitative estimate of drug-likeness (QED) is 0.144. The number of amides is 2. The summed E-state index contributed by atoms with van der Waals surface area (Å²) in [6.45, 7) is 7.15. The van der Waals surface area contributed by atoms with E-state index in [1.54, 1.807) is 17.0 Å². The monoisotopic (exact) mass is 607 g/mol. The van der Waals surface area contributed by atoms with Crippen molar-refractivity contribution in [2.24, 2.45) is 0 Å². The van der Waals surface area contributed by atoms with Crippen molar-refractivity contribution in [3.63, 3.8) is 0 Å². The van der Waals surface area contributed by atoms with Crippen LogP contribution in [0.15, 0.2) is 108 Å². The van der Waals surface area contributed by atoms with E-state index in [0.29, 0.717) is 25.1 Å². The number of piperidine rings is 1. The lowest BCUT2D eigenvalue weighted by atomic mass is 9.68. The number of carbonyl (C=O) groups is 2. The first-order valence-electron chi connectivity index (χ1n) is 15.6. The molecule has 234 valence electrons. The normalized spacial score (nSPS) is 18.2. The number of allylic oxidation sites excluding steroid dienone is 2. The molecule has 9 heteroatoms. The van der Waals surface area contributed by atoms with Gasteiger partial charge in [0.1, 0.15) is 0 Å². The standard InChI is InChI=1S/C36H41N5O4/c1-3-32-35(33(34(37-25-42)27(2)38-32)28-15-17-31(18-16-28)41(44)45)40(26-43)22-10-21-39-23-19-36(20-24-39,29-11-6-4-7-12-29)30-13-8-5-9-14-30/h4-9,11-18,25-26,33,38H,3,10,19-24H2,1-2H3,(H,37,42). The van der Waals surface area contributed by atoms with Gasteiger partial charge >= 0.3 is 0 Å². The Balaban J connectivity index is 1.32. The summed E-state index contributed by atoms with van der Waals surface area (Å²) in [5, 5.41) is 17.5. The lowest BCUT2D eigenvalue weighted by Gasteiger charge is -2.43. The Morgan fingerprint density at radius 3 is 2.09 bits per heavy atom. The van der Waals surface area contributed by atoms with Crippen LogP contribution < -0.4 is 10.6 Å². The van der Waals surface area contributed by atoms with Crippen LogP contribution in [0.2, 0.25) is 0 Å². The van der Waals surface area contributed by atoms with Crippen LogP contribution in [-0.2, 0) is 15.0 Å². The number of dihydropyridines is 1. The van der Waals surface area contributed by atoms with E-state index in [4.69, 9.17) is 0 Å². The van der Waals surface area contributed by atoms with Gasteiger partial charge < -0.3 is 20.4 Å². The Labute approximate surface area is 264 Å². The average Bonchev–Trinajstić information content (AvgIpc) is 3.08. The van der Waals surface area contributed by atoms with E-state index in [0.717, 1.165) is 68.0 Å². The van der Waals surface area contributed by atoms with Gasteiger partial charge in [-0.2, -0.15) is 0 Å². The first-order chi connectivity index (χ1) is 21.9. The van der Waals surface area contributed by atoms with Crippen molar-refractivity contribution in [1.29, 1.82) is 0 Å². The first-order valence-corrected chi connectivity index (χ1v) is 15.6. The van der Waals surface area contributed by atoms with E-state index in [1.807, 2.05) is 13.8 Å². The van der Waals surface area contributed by atoms with Crippen molar-refractivity contribution in [3.05, 3.63) is 135 Å². The van der Waals surface area contributed by atoms with Crippen molar-refractivity contribution in [1.82, 2.24) is 20.4 Å². The molecule has 0 spiro atoms. The van der Waals surface area contributed by atoms with Gasteiger partial charge in [-0.3, -0.25) is 19.7 Å². The minimum atomic E-state index is -0.468. The molecule has 0 aliphatic carbocycles. The number of hydrogen-bond acceptors (Lipinski definition) is 6. The highest BCUT2D eigenvalue weighted by atomic mass is 16.6. The maximum Gasteiger partial charge on any atom is 0.269 e. The van der Waals surface area contributed by atoms with Crippen LogP contribution in [-0.4, -0.2) is 53.7 Å². The number of nitro groups is 1. The number of hydrogen-bond donors (Lipinski definition) is 2. The number of carbonyl (C=O) groups excluding carboxylic acids is 2. The summed E-state index contributed by atoms with van der Waals surface area (Å²) in [5.41, 5.74) is 6.45. The van der Waals surface area contributed by atoms with Gasteiger partial charge in [0.05, 0.1) is 22.2 Å². The topological polar surface area (TPSA) is 108 Å². The average molecular weight is 608 g/mol. The van der Waals surface area contributed by atoms with Gasteiger partial charge in [0, 0.05) is 35.5 Å². The summed E-state index contributed by atoms with van der Waals surface area (Å²) in [6.07, 6.45) is 4.92. The Kier molecular flexibility index (Phi) is 10.1. The summed E-state index contributed by atoms with van der Waals surface area (Å²) in [5.74, 6) is -0.468. The third-order valence-electron chi connectivity index (χ3n) is 9.29. The maximum absolute atomic E-state index is 12.7. The van der Waals surface area contributed by atoms with Gasteiger partial charge in [-0.25, -0.2) is 0 Å². The van der Waals surface area contributed by atoms with E-state index in [-0.39, 0.29) is 11.1 Å². The van der Waals surface area contributed by atoms with Crippen molar-refractivity contribution in [3.8, 4) is 0 Å². The molecule has 45 heavy (non-hydrogen) atoms. The molecule has 2 heterocycles. The lowest BCUT2D eigenvalue weighted by molar-refractivity contribution is -0.384. The molecule has 2 N–H and O–H groups in total. The van der Waals surface area contributed by atoms with Gasteiger partial charge in [0.15, 0.2) is 0 Å². The summed E-state index contributed by atoms with van der Waals surface area (Å²) < 4.78 is 0.